The standard InChI is InChI=1S/C37H34F9N7O2S/c1-2-53(18-6-9-51(15-18)33(54)20-11-25(20)40)32-21-10-23(36(41,42)43)27(19-4-5-24(39)30-26(19)22(13-47)31(48)56-30)28(37(44,45)46)29(21)49-34(50-32)55-16-35-7-3-8-52(35)14-17(38)12-35/h4-5,10,17-18,20,25H,2-3,6-9,11-12,14-16,48H2,1H3/t17-,18+,20-,25+,35+/m1/s1. The predicted molar refractivity (Wildman–Crippen MR) is 189 cm³/mol. The summed E-state index contributed by atoms with van der Waals surface area (Å²) in [4.78, 5) is 26.4. The zero-order valence-electron chi connectivity index (χ0n) is 29.7. The Labute approximate surface area is 317 Å². The van der Waals surface area contributed by atoms with Crippen LogP contribution in [-0.4, -0.2) is 88.9 Å². The molecule has 9 nitrogen and oxygen atoms in total. The molecule has 4 fully saturated rings. The molecule has 56 heavy (non-hydrogen) atoms. The lowest BCUT2D eigenvalue weighted by Gasteiger charge is -2.32. The van der Waals surface area contributed by atoms with E-state index in [-0.39, 0.29) is 62.9 Å². The van der Waals surface area contributed by atoms with Crippen LogP contribution in [0.4, 0.5) is 50.3 Å². The average Bonchev–Trinajstić information content (AvgIpc) is 3.49. The molecular weight excluding hydrogens is 778 g/mol. The number of amides is 1. The van der Waals surface area contributed by atoms with Crippen LogP contribution in [0.15, 0.2) is 18.2 Å². The highest BCUT2D eigenvalue weighted by atomic mass is 32.1. The van der Waals surface area contributed by atoms with E-state index in [2.05, 4.69) is 9.97 Å². The maximum absolute atomic E-state index is 15.7. The lowest BCUT2D eigenvalue weighted by molar-refractivity contribution is -0.141. The van der Waals surface area contributed by atoms with E-state index < -0.39 is 109 Å². The highest BCUT2D eigenvalue weighted by Gasteiger charge is 2.51. The number of hydrogen-bond acceptors (Lipinski definition) is 9. The summed E-state index contributed by atoms with van der Waals surface area (Å²) in [5.74, 6) is -2.55. The number of alkyl halides is 8. The molecule has 0 radical (unpaired) electrons. The molecule has 8 rings (SSSR count). The Balaban J connectivity index is 1.37. The van der Waals surface area contributed by atoms with Gasteiger partial charge in [-0.2, -0.15) is 41.6 Å². The number of nitrogens with zero attached hydrogens (tertiary/aromatic N) is 6. The summed E-state index contributed by atoms with van der Waals surface area (Å²) >= 11 is 0.515. The number of nitriles is 1. The van der Waals surface area contributed by atoms with Gasteiger partial charge in [-0.15, -0.1) is 11.3 Å². The third kappa shape index (κ3) is 6.32. The summed E-state index contributed by atoms with van der Waals surface area (Å²) in [6.07, 6.45) is -11.8. The van der Waals surface area contributed by atoms with Gasteiger partial charge < -0.3 is 20.3 Å². The van der Waals surface area contributed by atoms with Gasteiger partial charge in [-0.3, -0.25) is 9.69 Å². The van der Waals surface area contributed by atoms with Crippen molar-refractivity contribution in [2.75, 3.05) is 50.0 Å². The molecule has 2 aromatic carbocycles. The predicted octanol–water partition coefficient (Wildman–Crippen LogP) is 7.88. The number of carbonyl (C=O) groups is 1. The van der Waals surface area contributed by atoms with Gasteiger partial charge in [0.25, 0.3) is 0 Å². The average molecular weight is 812 g/mol. The van der Waals surface area contributed by atoms with Crippen molar-refractivity contribution in [3.8, 4) is 23.2 Å². The number of rotatable bonds is 8. The monoisotopic (exact) mass is 811 g/mol. The number of likely N-dealkylation sites (N-methyl/N-ethyl adjacent to an activating group) is 1. The molecule has 2 aromatic heterocycles. The number of hydrogen-bond donors (Lipinski definition) is 1. The Kier molecular flexibility index (Phi) is 9.26. The summed E-state index contributed by atoms with van der Waals surface area (Å²) in [6, 6.07) is 2.42. The number of fused-ring (bicyclic) bond motifs is 3. The fourth-order valence-corrected chi connectivity index (χ4v) is 9.83. The van der Waals surface area contributed by atoms with Crippen molar-refractivity contribution >= 4 is 49.1 Å². The highest BCUT2D eigenvalue weighted by Crippen LogP contribution is 2.52. The van der Waals surface area contributed by atoms with E-state index in [1.807, 2.05) is 4.90 Å². The summed E-state index contributed by atoms with van der Waals surface area (Å²) in [5, 5.41) is 8.44. The second-order valence-corrected chi connectivity index (χ2v) is 15.9. The molecule has 0 bridgehead atoms. The van der Waals surface area contributed by atoms with E-state index >= 15 is 30.7 Å². The second kappa shape index (κ2) is 13.5. The number of benzene rings is 2. The van der Waals surface area contributed by atoms with Crippen molar-refractivity contribution in [2.24, 2.45) is 5.92 Å². The van der Waals surface area contributed by atoms with Gasteiger partial charge in [0.2, 0.25) is 5.91 Å². The number of likely N-dealkylation sites (tertiary alicyclic amines) is 1. The van der Waals surface area contributed by atoms with E-state index in [9.17, 15) is 18.8 Å². The molecule has 5 heterocycles. The molecule has 1 aliphatic carbocycles. The van der Waals surface area contributed by atoms with E-state index in [0.717, 1.165) is 12.5 Å². The van der Waals surface area contributed by atoms with E-state index in [4.69, 9.17) is 10.5 Å². The number of thiophene rings is 1. The van der Waals surface area contributed by atoms with Gasteiger partial charge in [0.1, 0.15) is 41.7 Å². The molecule has 19 heteroatoms. The minimum atomic E-state index is -5.54. The molecule has 3 aliphatic heterocycles. The minimum absolute atomic E-state index is 0.00789. The van der Waals surface area contributed by atoms with E-state index in [0.29, 0.717) is 36.4 Å². The molecule has 0 spiro atoms. The molecule has 0 unspecified atom stereocenters. The van der Waals surface area contributed by atoms with Crippen molar-refractivity contribution in [3.63, 3.8) is 0 Å². The first-order chi connectivity index (χ1) is 26.5. The zero-order valence-corrected chi connectivity index (χ0v) is 30.5. The topological polar surface area (TPSA) is 112 Å². The van der Waals surface area contributed by atoms with E-state index in [1.165, 1.54) is 9.80 Å². The maximum Gasteiger partial charge on any atom is 0.419 e. The lowest BCUT2D eigenvalue weighted by atomic mass is 9.88. The van der Waals surface area contributed by atoms with Gasteiger partial charge in [0.05, 0.1) is 38.4 Å². The van der Waals surface area contributed by atoms with Crippen LogP contribution in [0.5, 0.6) is 6.01 Å². The van der Waals surface area contributed by atoms with Gasteiger partial charge in [-0.25, -0.2) is 13.2 Å². The van der Waals surface area contributed by atoms with Crippen LogP contribution in [0.3, 0.4) is 0 Å². The van der Waals surface area contributed by atoms with Crippen molar-refractivity contribution in [1.29, 1.82) is 5.26 Å². The van der Waals surface area contributed by atoms with Gasteiger partial charge in [0, 0.05) is 55.0 Å². The first-order valence-corrected chi connectivity index (χ1v) is 18.9. The quantitative estimate of drug-likeness (QED) is 0.179. The largest absolute Gasteiger partial charge is 0.461 e. The number of carbonyl (C=O) groups excluding carboxylic acids is 1. The third-order valence-corrected chi connectivity index (χ3v) is 12.6. The molecule has 5 atom stereocenters. The summed E-state index contributed by atoms with van der Waals surface area (Å²) in [5.41, 5.74) is -2.03. The molecule has 4 aliphatic rings. The number of nitrogens with two attached hydrogens (primary N) is 1. The lowest BCUT2D eigenvalue weighted by Crippen LogP contribution is -2.43. The van der Waals surface area contributed by atoms with Crippen LogP contribution >= 0.6 is 11.3 Å². The fraction of sp³-hybridized carbons (Fsp3) is 0.514. The van der Waals surface area contributed by atoms with Crippen molar-refractivity contribution in [3.05, 3.63) is 40.7 Å². The molecule has 2 N–H and O–H groups in total. The Morgan fingerprint density at radius 3 is 2.55 bits per heavy atom. The van der Waals surface area contributed by atoms with Crippen LogP contribution in [0, 0.1) is 23.1 Å². The van der Waals surface area contributed by atoms with Crippen molar-refractivity contribution < 1.29 is 49.0 Å². The van der Waals surface area contributed by atoms with Crippen LogP contribution in [0.2, 0.25) is 0 Å². The Bertz CT molecular complexity index is 2290. The Hall–Kier alpha value is -4.57. The van der Waals surface area contributed by atoms with Crippen LogP contribution < -0.4 is 15.4 Å². The minimum Gasteiger partial charge on any atom is -0.461 e. The van der Waals surface area contributed by atoms with Crippen LogP contribution in [0.1, 0.15) is 55.7 Å². The molecule has 1 saturated carbocycles. The zero-order chi connectivity index (χ0) is 40.1. The Morgan fingerprint density at radius 2 is 1.89 bits per heavy atom. The van der Waals surface area contributed by atoms with Crippen LogP contribution in [-0.2, 0) is 17.1 Å². The Morgan fingerprint density at radius 1 is 1.14 bits per heavy atom. The van der Waals surface area contributed by atoms with Gasteiger partial charge in [0.15, 0.2) is 0 Å². The number of aromatic nitrogens is 2. The van der Waals surface area contributed by atoms with Gasteiger partial charge in [-0.1, -0.05) is 6.07 Å². The maximum atomic E-state index is 15.7. The van der Waals surface area contributed by atoms with Crippen LogP contribution in [0.25, 0.3) is 32.1 Å². The molecule has 1 amide bonds. The first kappa shape index (κ1) is 38.3. The number of anilines is 2. The molecule has 3 saturated heterocycles. The normalized spacial score (nSPS) is 25.3. The number of nitrogen functional groups attached to an aromatic ring is 1. The summed E-state index contributed by atoms with van der Waals surface area (Å²) in [6.45, 7) is 2.32. The van der Waals surface area contributed by atoms with E-state index in [1.54, 1.807) is 13.0 Å². The second-order valence-electron chi connectivity index (χ2n) is 14.9. The molecule has 4 aromatic rings. The molecule has 298 valence electrons. The van der Waals surface area contributed by atoms with Crippen molar-refractivity contribution in [1.82, 2.24) is 19.8 Å². The van der Waals surface area contributed by atoms with Crippen molar-refractivity contribution in [2.45, 2.75) is 75.3 Å². The SMILES string of the molecule is CCN(c1nc(OC[C@@]23CCCN2C[C@H](F)C3)nc2c(C(F)(F)F)c(-c3ccc(F)c4sc(N)c(C#N)c34)c(C(F)(F)F)cc12)[C@H]1CCN(C(=O)[C@@H]2C[C@@H]2F)C1. The highest BCUT2D eigenvalue weighted by molar-refractivity contribution is 7.23. The smallest absolute Gasteiger partial charge is 0.419 e. The first-order valence-electron chi connectivity index (χ1n) is 18.1. The molecular formula is C37H34F9N7O2S. The number of halogens is 9. The number of ether oxygens (including phenoxy) is 1. The van der Waals surface area contributed by atoms with Gasteiger partial charge in [-0.05, 0) is 56.8 Å². The third-order valence-electron chi connectivity index (χ3n) is 11.5. The summed E-state index contributed by atoms with van der Waals surface area (Å²) in [7, 11) is 0. The van der Waals surface area contributed by atoms with Gasteiger partial charge >= 0.3 is 18.4 Å². The summed E-state index contributed by atoms with van der Waals surface area (Å²) < 4.78 is 142. The fourth-order valence-electron chi connectivity index (χ4n) is 8.88.